The largest absolute Gasteiger partial charge is 0.398 e. The molecule has 1 aromatic rings. The first-order valence-corrected chi connectivity index (χ1v) is 4.63. The van der Waals surface area contributed by atoms with Gasteiger partial charge in [-0.15, -0.1) is 11.8 Å². The second-order valence-electron chi connectivity index (χ2n) is 2.28. The van der Waals surface area contributed by atoms with Crippen LogP contribution in [0.25, 0.3) is 0 Å². The maximum atomic E-state index is 5.69. The van der Waals surface area contributed by atoms with Crippen LogP contribution in [-0.2, 0) is 6.54 Å². The Bertz CT molecular complexity index is 248. The SMILES string of the molecule is CSc1cc(CN)ccc1N. The lowest BCUT2D eigenvalue weighted by molar-refractivity contribution is 1.06. The zero-order valence-electron chi connectivity index (χ0n) is 6.50. The van der Waals surface area contributed by atoms with E-state index in [4.69, 9.17) is 11.5 Å². The third-order valence-electron chi connectivity index (χ3n) is 1.53. The van der Waals surface area contributed by atoms with Crippen LogP contribution in [0.4, 0.5) is 5.69 Å². The lowest BCUT2D eigenvalue weighted by atomic mass is 10.2. The number of rotatable bonds is 2. The Balaban J connectivity index is 3.02. The van der Waals surface area contributed by atoms with Gasteiger partial charge in [-0.2, -0.15) is 0 Å². The summed E-state index contributed by atoms with van der Waals surface area (Å²) in [7, 11) is 0. The average molecular weight is 168 g/mol. The van der Waals surface area contributed by atoms with Crippen LogP contribution in [0, 0.1) is 0 Å². The van der Waals surface area contributed by atoms with Crippen molar-refractivity contribution in [1.82, 2.24) is 0 Å². The number of hydrogen-bond donors (Lipinski definition) is 2. The normalized spacial score (nSPS) is 10.0. The molecule has 0 saturated carbocycles. The van der Waals surface area contributed by atoms with Crippen LogP contribution < -0.4 is 11.5 Å². The zero-order valence-corrected chi connectivity index (χ0v) is 7.32. The van der Waals surface area contributed by atoms with E-state index >= 15 is 0 Å². The van der Waals surface area contributed by atoms with Crippen LogP contribution in [-0.4, -0.2) is 6.26 Å². The standard InChI is InChI=1S/C8H12N2S/c1-11-8-4-6(5-9)2-3-7(8)10/h2-4H,5,9-10H2,1H3. The van der Waals surface area contributed by atoms with E-state index in [1.54, 1.807) is 11.8 Å². The number of anilines is 1. The summed E-state index contributed by atoms with van der Waals surface area (Å²) in [5, 5.41) is 0. The fraction of sp³-hybridized carbons (Fsp3) is 0.250. The summed E-state index contributed by atoms with van der Waals surface area (Å²) in [6.45, 7) is 0.577. The fourth-order valence-corrected chi connectivity index (χ4v) is 1.46. The number of benzene rings is 1. The highest BCUT2D eigenvalue weighted by atomic mass is 32.2. The van der Waals surface area contributed by atoms with E-state index in [1.807, 2.05) is 24.5 Å². The molecule has 1 aromatic carbocycles. The van der Waals surface area contributed by atoms with E-state index in [0.717, 1.165) is 16.1 Å². The van der Waals surface area contributed by atoms with Crippen LogP contribution in [0.2, 0.25) is 0 Å². The molecule has 0 aliphatic heterocycles. The minimum atomic E-state index is 0.577. The van der Waals surface area contributed by atoms with Crippen LogP contribution in [0.15, 0.2) is 23.1 Å². The van der Waals surface area contributed by atoms with E-state index in [1.165, 1.54) is 0 Å². The van der Waals surface area contributed by atoms with Crippen LogP contribution in [0.1, 0.15) is 5.56 Å². The molecule has 0 heterocycles. The fourth-order valence-electron chi connectivity index (χ4n) is 0.883. The van der Waals surface area contributed by atoms with Crippen molar-refractivity contribution in [3.8, 4) is 0 Å². The highest BCUT2D eigenvalue weighted by Crippen LogP contribution is 2.23. The van der Waals surface area contributed by atoms with E-state index in [2.05, 4.69) is 0 Å². The van der Waals surface area contributed by atoms with E-state index in [9.17, 15) is 0 Å². The number of hydrogen-bond acceptors (Lipinski definition) is 3. The van der Waals surface area contributed by atoms with Gasteiger partial charge in [-0.05, 0) is 24.0 Å². The molecule has 0 amide bonds. The summed E-state index contributed by atoms with van der Waals surface area (Å²) in [5.41, 5.74) is 13.1. The van der Waals surface area contributed by atoms with E-state index < -0.39 is 0 Å². The Hall–Kier alpha value is -0.670. The van der Waals surface area contributed by atoms with E-state index in [-0.39, 0.29) is 0 Å². The molecule has 2 nitrogen and oxygen atoms in total. The molecule has 0 fully saturated rings. The van der Waals surface area contributed by atoms with Crippen LogP contribution in [0.5, 0.6) is 0 Å². The maximum Gasteiger partial charge on any atom is 0.0452 e. The summed E-state index contributed by atoms with van der Waals surface area (Å²) in [4.78, 5) is 1.10. The molecule has 4 N–H and O–H groups in total. The average Bonchev–Trinajstić information content (AvgIpc) is 2.05. The molecule has 0 aromatic heterocycles. The molecule has 0 aliphatic carbocycles. The van der Waals surface area contributed by atoms with Crippen molar-refractivity contribution in [1.29, 1.82) is 0 Å². The van der Waals surface area contributed by atoms with Gasteiger partial charge < -0.3 is 11.5 Å². The molecule has 60 valence electrons. The summed E-state index contributed by atoms with van der Waals surface area (Å²) < 4.78 is 0. The summed E-state index contributed by atoms with van der Waals surface area (Å²) in [6, 6.07) is 5.88. The van der Waals surface area contributed by atoms with Crippen molar-refractivity contribution in [3.05, 3.63) is 23.8 Å². The first kappa shape index (κ1) is 8.43. The van der Waals surface area contributed by atoms with Crippen molar-refractivity contribution in [2.75, 3.05) is 12.0 Å². The highest BCUT2D eigenvalue weighted by molar-refractivity contribution is 7.98. The third-order valence-corrected chi connectivity index (χ3v) is 2.33. The Morgan fingerprint density at radius 3 is 2.73 bits per heavy atom. The third kappa shape index (κ3) is 1.88. The molecule has 0 bridgehead atoms. The second kappa shape index (κ2) is 3.64. The molecular weight excluding hydrogens is 156 g/mol. The predicted molar refractivity (Wildman–Crippen MR) is 50.5 cm³/mol. The molecular formula is C8H12N2S. The lowest BCUT2D eigenvalue weighted by Gasteiger charge is -2.03. The Morgan fingerprint density at radius 1 is 1.45 bits per heavy atom. The van der Waals surface area contributed by atoms with Gasteiger partial charge in [-0.1, -0.05) is 6.07 Å². The first-order valence-electron chi connectivity index (χ1n) is 3.40. The topological polar surface area (TPSA) is 52.0 Å². The highest BCUT2D eigenvalue weighted by Gasteiger charge is 1.97. The first-order chi connectivity index (χ1) is 5.27. The van der Waals surface area contributed by atoms with Crippen molar-refractivity contribution in [3.63, 3.8) is 0 Å². The zero-order chi connectivity index (χ0) is 8.27. The van der Waals surface area contributed by atoms with Gasteiger partial charge >= 0.3 is 0 Å². The quantitative estimate of drug-likeness (QED) is 0.519. The van der Waals surface area contributed by atoms with E-state index in [0.29, 0.717) is 6.54 Å². The van der Waals surface area contributed by atoms with Crippen molar-refractivity contribution in [2.24, 2.45) is 5.73 Å². The van der Waals surface area contributed by atoms with Gasteiger partial charge in [0.25, 0.3) is 0 Å². The van der Waals surface area contributed by atoms with Gasteiger partial charge in [-0.3, -0.25) is 0 Å². The van der Waals surface area contributed by atoms with Crippen molar-refractivity contribution < 1.29 is 0 Å². The molecule has 0 unspecified atom stereocenters. The molecule has 11 heavy (non-hydrogen) atoms. The van der Waals surface area contributed by atoms with Gasteiger partial charge in [-0.25, -0.2) is 0 Å². The monoisotopic (exact) mass is 168 g/mol. The Morgan fingerprint density at radius 2 is 2.18 bits per heavy atom. The maximum absolute atomic E-state index is 5.69. The lowest BCUT2D eigenvalue weighted by Crippen LogP contribution is -1.97. The molecule has 0 spiro atoms. The smallest absolute Gasteiger partial charge is 0.0452 e. The molecule has 0 saturated heterocycles. The van der Waals surface area contributed by atoms with Gasteiger partial charge in [0.1, 0.15) is 0 Å². The summed E-state index contributed by atoms with van der Waals surface area (Å²) in [6.07, 6.45) is 2.01. The molecule has 3 heteroatoms. The minimum absolute atomic E-state index is 0.577. The van der Waals surface area contributed by atoms with Gasteiger partial charge in [0.15, 0.2) is 0 Å². The molecule has 0 aliphatic rings. The van der Waals surface area contributed by atoms with Gasteiger partial charge in [0.2, 0.25) is 0 Å². The second-order valence-corrected chi connectivity index (χ2v) is 3.13. The Kier molecular flexibility index (Phi) is 2.79. The summed E-state index contributed by atoms with van der Waals surface area (Å²) in [5.74, 6) is 0. The van der Waals surface area contributed by atoms with Gasteiger partial charge in [0, 0.05) is 17.1 Å². The molecule has 0 atom stereocenters. The molecule has 1 rings (SSSR count). The van der Waals surface area contributed by atoms with Gasteiger partial charge in [0.05, 0.1) is 0 Å². The van der Waals surface area contributed by atoms with Crippen LogP contribution >= 0.6 is 11.8 Å². The van der Waals surface area contributed by atoms with Crippen molar-refractivity contribution >= 4 is 17.4 Å². The number of nitrogen functional groups attached to an aromatic ring is 1. The summed E-state index contributed by atoms with van der Waals surface area (Å²) >= 11 is 1.64. The molecule has 0 radical (unpaired) electrons. The number of nitrogens with two attached hydrogens (primary N) is 2. The van der Waals surface area contributed by atoms with Crippen molar-refractivity contribution in [2.45, 2.75) is 11.4 Å². The van der Waals surface area contributed by atoms with Crippen LogP contribution in [0.3, 0.4) is 0 Å². The Labute approximate surface area is 71.0 Å². The predicted octanol–water partition coefficient (Wildman–Crippen LogP) is 1.45. The minimum Gasteiger partial charge on any atom is -0.398 e. The number of thioether (sulfide) groups is 1.